The molecule has 0 aliphatic rings. The number of alkyl halides is 3. The molecule has 0 atom stereocenters. The summed E-state index contributed by atoms with van der Waals surface area (Å²) in [5, 5.41) is 5.74. The SMILES string of the molecule is FC(F)(F)c1ccc(C#CCNCCc2cccc3ccccc23)cc1. The summed E-state index contributed by atoms with van der Waals surface area (Å²) in [7, 11) is 0. The van der Waals surface area contributed by atoms with Gasteiger partial charge in [-0.3, -0.25) is 0 Å². The summed E-state index contributed by atoms with van der Waals surface area (Å²) in [6.45, 7) is 1.28. The van der Waals surface area contributed by atoms with Crippen LogP contribution in [-0.2, 0) is 12.6 Å². The van der Waals surface area contributed by atoms with Crippen molar-refractivity contribution in [3.05, 3.63) is 83.4 Å². The van der Waals surface area contributed by atoms with E-state index in [9.17, 15) is 13.2 Å². The number of nitrogens with one attached hydrogen (secondary N) is 1. The van der Waals surface area contributed by atoms with Gasteiger partial charge in [0.2, 0.25) is 0 Å². The number of hydrogen-bond acceptors (Lipinski definition) is 1. The normalized spacial score (nSPS) is 11.2. The van der Waals surface area contributed by atoms with Crippen LogP contribution in [0.2, 0.25) is 0 Å². The highest BCUT2D eigenvalue weighted by molar-refractivity contribution is 5.85. The molecule has 0 spiro atoms. The molecule has 1 nitrogen and oxygen atoms in total. The fourth-order valence-electron chi connectivity index (χ4n) is 2.77. The first-order valence-corrected chi connectivity index (χ1v) is 8.37. The first-order valence-electron chi connectivity index (χ1n) is 8.37. The molecule has 0 aliphatic carbocycles. The lowest BCUT2D eigenvalue weighted by Crippen LogP contribution is -2.17. The van der Waals surface area contributed by atoms with Crippen molar-refractivity contribution in [2.75, 3.05) is 13.1 Å². The summed E-state index contributed by atoms with van der Waals surface area (Å²) in [6, 6.07) is 19.5. The summed E-state index contributed by atoms with van der Waals surface area (Å²) >= 11 is 0. The molecule has 0 heterocycles. The predicted octanol–water partition coefficient (Wildman–Crippen LogP) is 5.04. The topological polar surface area (TPSA) is 12.0 Å². The zero-order chi connectivity index (χ0) is 18.4. The van der Waals surface area contributed by atoms with E-state index in [1.165, 1.54) is 28.5 Å². The van der Waals surface area contributed by atoms with Gasteiger partial charge < -0.3 is 5.32 Å². The lowest BCUT2D eigenvalue weighted by molar-refractivity contribution is -0.137. The van der Waals surface area contributed by atoms with Gasteiger partial charge in [-0.2, -0.15) is 13.2 Å². The zero-order valence-corrected chi connectivity index (χ0v) is 14.1. The maximum absolute atomic E-state index is 12.5. The molecule has 0 saturated heterocycles. The van der Waals surface area contributed by atoms with Crippen LogP contribution in [0.1, 0.15) is 16.7 Å². The van der Waals surface area contributed by atoms with Gasteiger partial charge in [-0.25, -0.2) is 0 Å². The van der Waals surface area contributed by atoms with Gasteiger partial charge >= 0.3 is 6.18 Å². The van der Waals surface area contributed by atoms with Crippen LogP contribution in [0.5, 0.6) is 0 Å². The summed E-state index contributed by atoms with van der Waals surface area (Å²) < 4.78 is 37.5. The van der Waals surface area contributed by atoms with Gasteiger partial charge in [0.25, 0.3) is 0 Å². The molecule has 1 N–H and O–H groups in total. The molecule has 3 aromatic carbocycles. The molecule has 26 heavy (non-hydrogen) atoms. The first-order chi connectivity index (χ1) is 12.5. The molecule has 4 heteroatoms. The third kappa shape index (κ3) is 4.65. The van der Waals surface area contributed by atoms with Crippen molar-refractivity contribution in [2.24, 2.45) is 0 Å². The summed E-state index contributed by atoms with van der Waals surface area (Å²) in [5.74, 6) is 5.81. The molecule has 0 amide bonds. The highest BCUT2D eigenvalue weighted by Gasteiger charge is 2.29. The first kappa shape index (κ1) is 18.0. The smallest absolute Gasteiger partial charge is 0.306 e. The minimum absolute atomic E-state index is 0.492. The number of halogens is 3. The monoisotopic (exact) mass is 353 g/mol. The molecule has 3 aromatic rings. The van der Waals surface area contributed by atoms with E-state index in [0.29, 0.717) is 12.1 Å². The fourth-order valence-corrected chi connectivity index (χ4v) is 2.77. The number of benzene rings is 3. The second-order valence-electron chi connectivity index (χ2n) is 5.94. The molecule has 3 rings (SSSR count). The van der Waals surface area contributed by atoms with Crippen LogP contribution in [0.3, 0.4) is 0 Å². The molecular formula is C22H18F3N. The van der Waals surface area contributed by atoms with Gasteiger partial charge in [-0.05, 0) is 47.0 Å². The van der Waals surface area contributed by atoms with Gasteiger partial charge in [0.05, 0.1) is 12.1 Å². The molecule has 0 aliphatic heterocycles. The van der Waals surface area contributed by atoms with Gasteiger partial charge in [-0.1, -0.05) is 54.3 Å². The summed E-state index contributed by atoms with van der Waals surface area (Å²) in [6.07, 6.45) is -3.42. The van der Waals surface area contributed by atoms with Crippen molar-refractivity contribution in [3.8, 4) is 11.8 Å². The molecule has 0 saturated carbocycles. The van der Waals surface area contributed by atoms with Crippen LogP contribution in [0, 0.1) is 11.8 Å². The maximum Gasteiger partial charge on any atom is 0.416 e. The molecule has 0 fully saturated rings. The van der Waals surface area contributed by atoms with E-state index in [0.717, 1.165) is 25.1 Å². The van der Waals surface area contributed by atoms with Crippen molar-refractivity contribution in [1.29, 1.82) is 0 Å². The van der Waals surface area contributed by atoms with Crippen LogP contribution in [0.25, 0.3) is 10.8 Å². The predicted molar refractivity (Wildman–Crippen MR) is 98.8 cm³/mol. The Labute approximate surface area is 150 Å². The lowest BCUT2D eigenvalue weighted by Gasteiger charge is -2.06. The van der Waals surface area contributed by atoms with Crippen molar-refractivity contribution in [2.45, 2.75) is 12.6 Å². The average Bonchev–Trinajstić information content (AvgIpc) is 2.64. The van der Waals surface area contributed by atoms with Crippen molar-refractivity contribution in [3.63, 3.8) is 0 Å². The second-order valence-corrected chi connectivity index (χ2v) is 5.94. The van der Waals surface area contributed by atoms with Crippen molar-refractivity contribution >= 4 is 10.8 Å². The fraction of sp³-hybridized carbons (Fsp3) is 0.182. The number of rotatable bonds is 4. The third-order valence-corrected chi connectivity index (χ3v) is 4.11. The molecule has 132 valence electrons. The molecular weight excluding hydrogens is 335 g/mol. The minimum atomic E-state index is -4.31. The molecule has 0 aromatic heterocycles. The van der Waals surface area contributed by atoms with Crippen LogP contribution in [0.15, 0.2) is 66.7 Å². The van der Waals surface area contributed by atoms with Gasteiger partial charge in [0, 0.05) is 12.1 Å². The average molecular weight is 353 g/mol. The van der Waals surface area contributed by atoms with Gasteiger partial charge in [-0.15, -0.1) is 0 Å². The van der Waals surface area contributed by atoms with Crippen molar-refractivity contribution < 1.29 is 13.2 Å². The maximum atomic E-state index is 12.5. The highest BCUT2D eigenvalue weighted by atomic mass is 19.4. The number of fused-ring (bicyclic) bond motifs is 1. The van der Waals surface area contributed by atoms with E-state index >= 15 is 0 Å². The van der Waals surface area contributed by atoms with Crippen LogP contribution >= 0.6 is 0 Å². The standard InChI is InChI=1S/C22H18F3N/c23-22(24,25)20-12-10-17(11-13-20)5-4-15-26-16-14-19-8-3-7-18-6-1-2-9-21(18)19/h1-3,6-13,26H,14-16H2. The van der Waals surface area contributed by atoms with E-state index in [-0.39, 0.29) is 0 Å². The Morgan fingerprint density at radius 2 is 1.58 bits per heavy atom. The van der Waals surface area contributed by atoms with E-state index in [2.05, 4.69) is 47.5 Å². The van der Waals surface area contributed by atoms with E-state index in [1.807, 2.05) is 12.1 Å². The largest absolute Gasteiger partial charge is 0.416 e. The Morgan fingerprint density at radius 1 is 0.846 bits per heavy atom. The quantitative estimate of drug-likeness (QED) is 0.512. The highest BCUT2D eigenvalue weighted by Crippen LogP contribution is 2.28. The Kier molecular flexibility index (Phi) is 5.60. The minimum Gasteiger partial charge on any atom is -0.306 e. The van der Waals surface area contributed by atoms with Crippen molar-refractivity contribution in [1.82, 2.24) is 5.32 Å². The molecule has 0 bridgehead atoms. The van der Waals surface area contributed by atoms with Crippen LogP contribution in [0.4, 0.5) is 13.2 Å². The molecule has 0 unspecified atom stereocenters. The summed E-state index contributed by atoms with van der Waals surface area (Å²) in [5.41, 5.74) is 1.21. The van der Waals surface area contributed by atoms with Gasteiger partial charge in [0.1, 0.15) is 0 Å². The molecule has 0 radical (unpaired) electrons. The van der Waals surface area contributed by atoms with E-state index in [4.69, 9.17) is 0 Å². The van der Waals surface area contributed by atoms with Crippen LogP contribution in [-0.4, -0.2) is 13.1 Å². The second kappa shape index (κ2) is 8.07. The van der Waals surface area contributed by atoms with E-state index < -0.39 is 11.7 Å². The third-order valence-electron chi connectivity index (χ3n) is 4.11. The van der Waals surface area contributed by atoms with Gasteiger partial charge in [0.15, 0.2) is 0 Å². The van der Waals surface area contributed by atoms with Crippen LogP contribution < -0.4 is 5.32 Å². The Bertz CT molecular complexity index is 926. The number of hydrogen-bond donors (Lipinski definition) is 1. The lowest BCUT2D eigenvalue weighted by atomic mass is 10.0. The van der Waals surface area contributed by atoms with E-state index in [1.54, 1.807) is 0 Å². The Hall–Kier alpha value is -2.77. The Morgan fingerprint density at radius 3 is 2.35 bits per heavy atom. The Balaban J connectivity index is 1.50. The zero-order valence-electron chi connectivity index (χ0n) is 14.1. The summed E-state index contributed by atoms with van der Waals surface area (Å²) in [4.78, 5) is 0.